The van der Waals surface area contributed by atoms with Crippen molar-refractivity contribution < 1.29 is 0 Å². The molecule has 314 valence electrons. The molecule has 0 heterocycles. The van der Waals surface area contributed by atoms with Crippen molar-refractivity contribution in [3.05, 3.63) is 255 Å². The summed E-state index contributed by atoms with van der Waals surface area (Å²) in [4.78, 5) is 0. The van der Waals surface area contributed by atoms with E-state index < -0.39 is 0 Å². The topological polar surface area (TPSA) is 0 Å². The van der Waals surface area contributed by atoms with Gasteiger partial charge in [0.25, 0.3) is 0 Å². The number of hydrogen-bond donors (Lipinski definition) is 0. The first-order valence-corrected chi connectivity index (χ1v) is 23.7. The quantitative estimate of drug-likeness (QED) is 0.134. The summed E-state index contributed by atoms with van der Waals surface area (Å²) in [7, 11) is 0. The maximum absolute atomic E-state index is 2.44. The van der Waals surface area contributed by atoms with Crippen molar-refractivity contribution in [3.8, 4) is 89.0 Å². The molecule has 0 nitrogen and oxygen atoms in total. The van der Waals surface area contributed by atoms with Crippen LogP contribution in [0.15, 0.2) is 255 Å². The molecule has 0 radical (unpaired) electrons. The Morgan fingerprint density at radius 3 is 0.574 bits per heavy atom. The lowest BCUT2D eigenvalue weighted by molar-refractivity contribution is 1.59. The van der Waals surface area contributed by atoms with Gasteiger partial charge in [-0.1, -0.05) is 255 Å². The van der Waals surface area contributed by atoms with E-state index in [-0.39, 0.29) is 0 Å². The smallest absolute Gasteiger partial charge is 0.000695 e. The predicted molar refractivity (Wildman–Crippen MR) is 291 cm³/mol. The summed E-state index contributed by atoms with van der Waals surface area (Å²) in [6.45, 7) is 0. The summed E-state index contributed by atoms with van der Waals surface area (Å²) in [5, 5.41) is 13.2. The fourth-order valence-corrected chi connectivity index (χ4v) is 11.5. The molecule has 68 heavy (non-hydrogen) atoms. The molecule has 0 saturated carbocycles. The molecule has 0 fully saturated rings. The zero-order valence-corrected chi connectivity index (χ0v) is 37.2. The van der Waals surface area contributed by atoms with Crippen LogP contribution in [0.25, 0.3) is 143 Å². The van der Waals surface area contributed by atoms with Gasteiger partial charge in [-0.15, -0.1) is 0 Å². The maximum Gasteiger partial charge on any atom is -0.000695 e. The second-order valence-corrected chi connectivity index (χ2v) is 18.3. The van der Waals surface area contributed by atoms with Crippen LogP contribution in [0.5, 0.6) is 0 Å². The van der Waals surface area contributed by atoms with E-state index in [0.717, 1.165) is 0 Å². The zero-order chi connectivity index (χ0) is 44.7. The van der Waals surface area contributed by atoms with Crippen molar-refractivity contribution in [2.24, 2.45) is 0 Å². The highest BCUT2D eigenvalue weighted by molar-refractivity contribution is 6.49. The van der Waals surface area contributed by atoms with Crippen LogP contribution in [0.4, 0.5) is 0 Å². The molecule has 0 bridgehead atoms. The molecular weight excluding hydrogens is 817 g/mol. The van der Waals surface area contributed by atoms with Crippen LogP contribution in [-0.2, 0) is 0 Å². The van der Waals surface area contributed by atoms with Crippen LogP contribution in [-0.4, -0.2) is 0 Å². The molecule has 0 N–H and O–H groups in total. The average molecular weight is 859 g/mol. The van der Waals surface area contributed by atoms with Crippen LogP contribution in [0.1, 0.15) is 0 Å². The van der Waals surface area contributed by atoms with E-state index in [2.05, 4.69) is 255 Å². The minimum Gasteiger partial charge on any atom is -0.0622 e. The summed E-state index contributed by atoms with van der Waals surface area (Å²) < 4.78 is 0. The van der Waals surface area contributed by atoms with E-state index in [0.29, 0.717) is 0 Å². The molecule has 0 spiro atoms. The van der Waals surface area contributed by atoms with Gasteiger partial charge in [0.05, 0.1) is 0 Å². The Bertz CT molecular complexity index is 3810. The highest BCUT2D eigenvalue weighted by Crippen LogP contribution is 2.57. The predicted octanol–water partition coefficient (Wildman–Crippen LogP) is 19.1. The fourth-order valence-electron chi connectivity index (χ4n) is 11.5. The monoisotopic (exact) mass is 858 g/mol. The van der Waals surface area contributed by atoms with E-state index in [4.69, 9.17) is 0 Å². The lowest BCUT2D eigenvalue weighted by Crippen LogP contribution is -1.93. The van der Waals surface area contributed by atoms with Crippen LogP contribution in [0.2, 0.25) is 0 Å². The van der Waals surface area contributed by atoms with Crippen molar-refractivity contribution in [1.82, 2.24) is 0 Å². The molecule has 0 heteroatoms. The molecule has 0 saturated heterocycles. The second kappa shape index (κ2) is 15.4. The Hall–Kier alpha value is -8.84. The molecule has 0 aromatic heterocycles. The Balaban J connectivity index is 1.08. The minimum atomic E-state index is 1.21. The van der Waals surface area contributed by atoms with Crippen LogP contribution < -0.4 is 0 Å². The van der Waals surface area contributed by atoms with Crippen molar-refractivity contribution in [2.45, 2.75) is 0 Å². The highest BCUT2D eigenvalue weighted by atomic mass is 14.3. The van der Waals surface area contributed by atoms with E-state index in [9.17, 15) is 0 Å². The largest absolute Gasteiger partial charge is 0.0622 e. The fraction of sp³-hybridized carbons (Fsp3) is 0. The first-order chi connectivity index (χ1) is 33.7. The molecule has 14 rings (SSSR count). The Morgan fingerprint density at radius 1 is 0.132 bits per heavy atom. The molecule has 0 aliphatic rings. The van der Waals surface area contributed by atoms with Crippen LogP contribution in [0.3, 0.4) is 0 Å². The lowest BCUT2D eigenvalue weighted by atomic mass is 9.82. The van der Waals surface area contributed by atoms with Crippen molar-refractivity contribution in [1.29, 1.82) is 0 Å². The van der Waals surface area contributed by atoms with Crippen LogP contribution in [0, 0.1) is 0 Å². The Morgan fingerprint density at radius 2 is 0.324 bits per heavy atom. The molecule has 0 amide bonds. The van der Waals surface area contributed by atoms with Crippen molar-refractivity contribution in [3.63, 3.8) is 0 Å². The zero-order valence-electron chi connectivity index (χ0n) is 37.2. The Kier molecular flexibility index (Phi) is 8.69. The molecule has 0 unspecified atom stereocenters. The van der Waals surface area contributed by atoms with Crippen LogP contribution >= 0.6 is 0 Å². The summed E-state index contributed by atoms with van der Waals surface area (Å²) in [6.07, 6.45) is 0. The lowest BCUT2D eigenvalue weighted by Gasteiger charge is -2.21. The van der Waals surface area contributed by atoms with Gasteiger partial charge in [0.1, 0.15) is 0 Å². The summed E-state index contributed by atoms with van der Waals surface area (Å²) in [5.41, 5.74) is 19.7. The molecular formula is C68H42. The van der Waals surface area contributed by atoms with Gasteiger partial charge < -0.3 is 0 Å². The molecule has 0 aliphatic heterocycles. The second-order valence-electron chi connectivity index (χ2n) is 18.3. The maximum atomic E-state index is 2.44. The normalized spacial score (nSPS) is 11.8. The van der Waals surface area contributed by atoms with Gasteiger partial charge in [0.2, 0.25) is 0 Å². The highest BCUT2D eigenvalue weighted by Gasteiger charge is 2.29. The summed E-state index contributed by atoms with van der Waals surface area (Å²) >= 11 is 0. The molecule has 0 atom stereocenters. The summed E-state index contributed by atoms with van der Waals surface area (Å²) in [6, 6.07) is 94.4. The van der Waals surface area contributed by atoms with E-state index in [1.54, 1.807) is 0 Å². The van der Waals surface area contributed by atoms with Crippen molar-refractivity contribution in [2.75, 3.05) is 0 Å². The van der Waals surface area contributed by atoms with Gasteiger partial charge in [-0.3, -0.25) is 0 Å². The van der Waals surface area contributed by atoms with Gasteiger partial charge >= 0.3 is 0 Å². The van der Waals surface area contributed by atoms with Gasteiger partial charge in [0, 0.05) is 0 Å². The molecule has 14 aromatic rings. The number of rotatable bonds is 8. The molecule has 0 aliphatic carbocycles. The SMILES string of the molecule is c1ccc(-c2ccc(-c3c(-c4ccc(-c5ccccc5)cc4)c4ccc5c(-c6ccc(-c7ccccc7)cc6)c(-c6ccc(-c7ccccc7)cc6)c6ccc7ccc3c3c7c6c5c43)cc2)cc1. The Labute approximate surface area is 395 Å². The van der Waals surface area contributed by atoms with E-state index in [1.165, 1.54) is 143 Å². The first kappa shape index (κ1) is 38.4. The average Bonchev–Trinajstić information content (AvgIpc) is 3.79. The number of benzene rings is 13. The first-order valence-electron chi connectivity index (χ1n) is 23.7. The summed E-state index contributed by atoms with van der Waals surface area (Å²) in [5.74, 6) is 0. The van der Waals surface area contributed by atoms with Gasteiger partial charge in [-0.2, -0.15) is 0 Å². The minimum absolute atomic E-state index is 1.21. The van der Waals surface area contributed by atoms with E-state index >= 15 is 0 Å². The van der Waals surface area contributed by atoms with Gasteiger partial charge in [-0.05, 0) is 143 Å². The third-order valence-electron chi connectivity index (χ3n) is 14.6. The third kappa shape index (κ3) is 5.94. The number of hydrogen-bond acceptors (Lipinski definition) is 0. The molecule has 14 aromatic carbocycles. The van der Waals surface area contributed by atoms with Crippen molar-refractivity contribution >= 4 is 53.9 Å². The van der Waals surface area contributed by atoms with Gasteiger partial charge in [0.15, 0.2) is 0 Å². The standard InChI is InChI=1S/C68H42/c1-5-13-43(14-6-1)47-21-29-51(30-22-47)60-56-39-37-55-38-40-57-61(52-31-23-48(24-32-52)44-15-7-2-8-16-44)63(54-35-27-50(28-36-54)46-19-11-4-12-20-46)59-42-41-58(67-65(56)64(55)66(57)68(59)67)62(60)53-33-25-49(26-34-53)45-17-9-3-10-18-45/h1-42H. The van der Waals surface area contributed by atoms with Gasteiger partial charge in [-0.25, -0.2) is 0 Å². The van der Waals surface area contributed by atoms with E-state index in [1.807, 2.05) is 0 Å². The third-order valence-corrected chi connectivity index (χ3v) is 14.6.